The van der Waals surface area contributed by atoms with Crippen molar-refractivity contribution in [2.45, 2.75) is 38.8 Å². The van der Waals surface area contributed by atoms with Crippen molar-refractivity contribution in [3.8, 4) is 0 Å². The maximum absolute atomic E-state index is 6.15. The van der Waals surface area contributed by atoms with Gasteiger partial charge in [-0.15, -0.1) is 0 Å². The summed E-state index contributed by atoms with van der Waals surface area (Å²) in [6.45, 7) is 6.53. The first-order valence-corrected chi connectivity index (χ1v) is 6.89. The second-order valence-electron chi connectivity index (χ2n) is 4.86. The highest BCUT2D eigenvalue weighted by Crippen LogP contribution is 2.28. The topological polar surface area (TPSA) is 74.2 Å². The van der Waals surface area contributed by atoms with E-state index in [-0.39, 0.29) is 0 Å². The van der Waals surface area contributed by atoms with Gasteiger partial charge in [-0.25, -0.2) is 0 Å². The number of nitrogens with zero attached hydrogens (tertiary/aromatic N) is 2. The van der Waals surface area contributed by atoms with Gasteiger partial charge in [-0.2, -0.15) is 4.98 Å². The summed E-state index contributed by atoms with van der Waals surface area (Å²) in [4.78, 5) is 4.42. The molecule has 1 heterocycles. The quantitative estimate of drug-likeness (QED) is 0.877. The Morgan fingerprint density at radius 2 is 2.00 bits per heavy atom. The molecule has 0 saturated carbocycles. The average molecular weight is 275 g/mol. The average Bonchev–Trinajstić information content (AvgIpc) is 2.98. The van der Waals surface area contributed by atoms with Crippen molar-refractivity contribution in [1.82, 2.24) is 10.1 Å². The molecule has 1 aromatic heterocycles. The van der Waals surface area contributed by atoms with E-state index in [1.807, 2.05) is 51.1 Å². The van der Waals surface area contributed by atoms with E-state index in [9.17, 15) is 0 Å². The second-order valence-corrected chi connectivity index (χ2v) is 4.86. The molecule has 5 heteroatoms. The van der Waals surface area contributed by atoms with Gasteiger partial charge in [0.2, 0.25) is 11.7 Å². The first-order valence-electron chi connectivity index (χ1n) is 6.89. The molecular weight excluding hydrogens is 254 g/mol. The van der Waals surface area contributed by atoms with Crippen molar-refractivity contribution >= 4 is 0 Å². The largest absolute Gasteiger partial charge is 0.367 e. The van der Waals surface area contributed by atoms with E-state index in [0.29, 0.717) is 18.3 Å². The van der Waals surface area contributed by atoms with Crippen molar-refractivity contribution in [2.24, 2.45) is 5.73 Å². The Kier molecular flexibility index (Phi) is 4.52. The summed E-state index contributed by atoms with van der Waals surface area (Å²) < 4.78 is 11.0. The van der Waals surface area contributed by atoms with Crippen molar-refractivity contribution in [3.05, 3.63) is 47.6 Å². The minimum Gasteiger partial charge on any atom is -0.367 e. The van der Waals surface area contributed by atoms with E-state index in [2.05, 4.69) is 10.1 Å². The van der Waals surface area contributed by atoms with Crippen LogP contribution in [0.25, 0.3) is 0 Å². The third-order valence-electron chi connectivity index (χ3n) is 3.48. The van der Waals surface area contributed by atoms with E-state index in [0.717, 1.165) is 12.0 Å². The number of aromatic nitrogens is 2. The van der Waals surface area contributed by atoms with Crippen LogP contribution in [-0.2, 0) is 10.3 Å². The molecule has 2 unspecified atom stereocenters. The van der Waals surface area contributed by atoms with E-state index >= 15 is 0 Å². The SMILES string of the molecule is CCOC(C)(CC)c1noc(C(N)c2ccccc2)n1. The Hall–Kier alpha value is -1.72. The van der Waals surface area contributed by atoms with E-state index in [4.69, 9.17) is 15.0 Å². The number of nitrogens with two attached hydrogens (primary N) is 1. The van der Waals surface area contributed by atoms with Crippen molar-refractivity contribution in [2.75, 3.05) is 6.61 Å². The molecule has 108 valence electrons. The van der Waals surface area contributed by atoms with Crippen LogP contribution in [0, 0.1) is 0 Å². The molecule has 20 heavy (non-hydrogen) atoms. The summed E-state index contributed by atoms with van der Waals surface area (Å²) in [7, 11) is 0. The van der Waals surface area contributed by atoms with Crippen LogP contribution in [0.2, 0.25) is 0 Å². The predicted octanol–water partition coefficient (Wildman–Crippen LogP) is 2.78. The molecule has 0 saturated heterocycles. The van der Waals surface area contributed by atoms with Crippen LogP contribution in [0.15, 0.2) is 34.9 Å². The first-order chi connectivity index (χ1) is 9.60. The molecule has 0 spiro atoms. The Morgan fingerprint density at radius 3 is 2.60 bits per heavy atom. The number of rotatable bonds is 6. The molecule has 2 aromatic rings. The van der Waals surface area contributed by atoms with Gasteiger partial charge in [-0.1, -0.05) is 42.4 Å². The Bertz CT molecular complexity index is 541. The molecule has 2 rings (SSSR count). The molecule has 0 radical (unpaired) electrons. The van der Waals surface area contributed by atoms with E-state index < -0.39 is 11.6 Å². The molecule has 0 aliphatic carbocycles. The lowest BCUT2D eigenvalue weighted by Gasteiger charge is -2.23. The summed E-state index contributed by atoms with van der Waals surface area (Å²) >= 11 is 0. The molecule has 0 bridgehead atoms. The number of benzene rings is 1. The van der Waals surface area contributed by atoms with Gasteiger partial charge in [-0.05, 0) is 25.8 Å². The fraction of sp³-hybridized carbons (Fsp3) is 0.467. The monoisotopic (exact) mass is 275 g/mol. The van der Waals surface area contributed by atoms with Gasteiger partial charge in [-0.3, -0.25) is 0 Å². The van der Waals surface area contributed by atoms with Crippen LogP contribution in [0.5, 0.6) is 0 Å². The highest BCUT2D eigenvalue weighted by molar-refractivity contribution is 5.23. The molecule has 1 aromatic carbocycles. The lowest BCUT2D eigenvalue weighted by molar-refractivity contribution is -0.0403. The van der Waals surface area contributed by atoms with Crippen LogP contribution in [0.1, 0.15) is 50.5 Å². The normalized spacial score (nSPS) is 15.8. The van der Waals surface area contributed by atoms with Crippen molar-refractivity contribution in [1.29, 1.82) is 0 Å². The maximum Gasteiger partial charge on any atom is 0.248 e. The fourth-order valence-corrected chi connectivity index (χ4v) is 2.02. The van der Waals surface area contributed by atoms with Gasteiger partial charge in [0.25, 0.3) is 0 Å². The summed E-state index contributed by atoms with van der Waals surface area (Å²) in [6.07, 6.45) is 0.764. The third-order valence-corrected chi connectivity index (χ3v) is 3.48. The smallest absolute Gasteiger partial charge is 0.248 e. The van der Waals surface area contributed by atoms with Crippen molar-refractivity contribution in [3.63, 3.8) is 0 Å². The molecule has 0 fully saturated rings. The second kappa shape index (κ2) is 6.15. The molecule has 0 aliphatic heterocycles. The number of ether oxygens (including phenoxy) is 1. The maximum atomic E-state index is 6.15. The molecule has 0 amide bonds. The predicted molar refractivity (Wildman–Crippen MR) is 76.0 cm³/mol. The minimum atomic E-state index is -0.535. The number of hydrogen-bond donors (Lipinski definition) is 1. The third kappa shape index (κ3) is 2.89. The standard InChI is InChI=1S/C15H21N3O2/c1-4-15(3,19-5-2)14-17-13(20-18-14)12(16)11-9-7-6-8-10-11/h6-10,12H,4-5,16H2,1-3H3. The fourth-order valence-electron chi connectivity index (χ4n) is 2.02. The highest BCUT2D eigenvalue weighted by Gasteiger charge is 2.31. The molecule has 2 atom stereocenters. The lowest BCUT2D eigenvalue weighted by Crippen LogP contribution is -2.26. The molecule has 2 N–H and O–H groups in total. The first kappa shape index (κ1) is 14.7. The van der Waals surface area contributed by atoms with Crippen LogP contribution >= 0.6 is 0 Å². The zero-order chi connectivity index (χ0) is 14.6. The van der Waals surface area contributed by atoms with Gasteiger partial charge in [0, 0.05) is 6.61 Å². The highest BCUT2D eigenvalue weighted by atomic mass is 16.5. The zero-order valence-electron chi connectivity index (χ0n) is 12.2. The van der Waals surface area contributed by atoms with Crippen LogP contribution in [-0.4, -0.2) is 16.7 Å². The van der Waals surface area contributed by atoms with Gasteiger partial charge in [0.1, 0.15) is 11.6 Å². The number of hydrogen-bond acceptors (Lipinski definition) is 5. The van der Waals surface area contributed by atoms with Crippen LogP contribution < -0.4 is 5.73 Å². The Balaban J connectivity index is 2.24. The molecule has 0 aliphatic rings. The van der Waals surface area contributed by atoms with Gasteiger partial charge in [0.05, 0.1) is 0 Å². The van der Waals surface area contributed by atoms with E-state index in [1.54, 1.807) is 0 Å². The summed E-state index contributed by atoms with van der Waals surface area (Å²) in [5, 5.41) is 4.03. The summed E-state index contributed by atoms with van der Waals surface area (Å²) in [5.41, 5.74) is 6.56. The van der Waals surface area contributed by atoms with Gasteiger partial charge < -0.3 is 15.0 Å². The van der Waals surface area contributed by atoms with Gasteiger partial charge in [0.15, 0.2) is 0 Å². The Morgan fingerprint density at radius 1 is 1.30 bits per heavy atom. The minimum absolute atomic E-state index is 0.408. The van der Waals surface area contributed by atoms with Crippen LogP contribution in [0.4, 0.5) is 0 Å². The zero-order valence-corrected chi connectivity index (χ0v) is 12.2. The van der Waals surface area contributed by atoms with E-state index in [1.165, 1.54) is 0 Å². The Labute approximate surface area is 119 Å². The van der Waals surface area contributed by atoms with Gasteiger partial charge >= 0.3 is 0 Å². The molecule has 5 nitrogen and oxygen atoms in total. The summed E-state index contributed by atoms with van der Waals surface area (Å²) in [6, 6.07) is 9.27. The van der Waals surface area contributed by atoms with Crippen LogP contribution in [0.3, 0.4) is 0 Å². The lowest BCUT2D eigenvalue weighted by atomic mass is 10.0. The molecular formula is C15H21N3O2. The summed E-state index contributed by atoms with van der Waals surface area (Å²) in [5.74, 6) is 0.953. The van der Waals surface area contributed by atoms with Crippen molar-refractivity contribution < 1.29 is 9.26 Å².